The number of halogens is 1. The molecule has 11 heteroatoms. The first-order valence-corrected chi connectivity index (χ1v) is 11.4. The van der Waals surface area contributed by atoms with E-state index in [1.54, 1.807) is 24.3 Å². The first kappa shape index (κ1) is 25.5. The maximum Gasteiger partial charge on any atom is 0.337 e. The summed E-state index contributed by atoms with van der Waals surface area (Å²) in [6.07, 6.45) is -0.277. The number of nitro groups is 1. The minimum absolute atomic E-state index is 0.0751. The lowest BCUT2D eigenvalue weighted by Crippen LogP contribution is -2.45. The Hall–Kier alpha value is -4.57. The van der Waals surface area contributed by atoms with Crippen LogP contribution in [0.4, 0.5) is 11.4 Å². The summed E-state index contributed by atoms with van der Waals surface area (Å²) >= 11 is 6.31. The van der Waals surface area contributed by atoms with Crippen LogP contribution in [0.25, 0.3) is 0 Å². The monoisotopic (exact) mass is 521 g/mol. The van der Waals surface area contributed by atoms with Gasteiger partial charge in [-0.3, -0.25) is 24.5 Å². The lowest BCUT2D eigenvalue weighted by molar-refractivity contribution is -0.384. The van der Waals surface area contributed by atoms with Crippen LogP contribution in [-0.4, -0.2) is 46.7 Å². The number of nitrogens with zero attached hydrogens (tertiary/aromatic N) is 3. The minimum Gasteiger partial charge on any atom is -0.465 e. The zero-order valence-corrected chi connectivity index (χ0v) is 20.3. The van der Waals surface area contributed by atoms with Gasteiger partial charge in [-0.25, -0.2) is 9.69 Å². The van der Waals surface area contributed by atoms with Crippen molar-refractivity contribution in [3.05, 3.63) is 105 Å². The molecule has 0 aliphatic carbocycles. The Morgan fingerprint density at radius 2 is 1.65 bits per heavy atom. The predicted octanol–water partition coefficient (Wildman–Crippen LogP) is 4.01. The fourth-order valence-electron chi connectivity index (χ4n) is 4.02. The fraction of sp³-hybridized carbons (Fsp3) is 0.154. The molecule has 1 heterocycles. The molecule has 3 aromatic rings. The summed E-state index contributed by atoms with van der Waals surface area (Å²) in [7, 11) is 1.24. The van der Waals surface area contributed by atoms with Crippen LogP contribution >= 0.6 is 11.6 Å². The van der Waals surface area contributed by atoms with Crippen molar-refractivity contribution in [2.75, 3.05) is 12.0 Å². The molecule has 0 bridgehead atoms. The number of hydrogen-bond acceptors (Lipinski definition) is 7. The number of benzene rings is 3. The number of anilines is 1. The normalized spacial score (nSPS) is 15.0. The molecular weight excluding hydrogens is 502 g/mol. The summed E-state index contributed by atoms with van der Waals surface area (Å²) in [5.74, 6) is -2.31. The average Bonchev–Trinajstić information content (AvgIpc) is 3.20. The van der Waals surface area contributed by atoms with Gasteiger partial charge in [-0.05, 0) is 48.0 Å². The van der Waals surface area contributed by atoms with Crippen LogP contribution in [0, 0.1) is 10.1 Å². The molecule has 0 saturated carbocycles. The Kier molecular flexibility index (Phi) is 7.30. The maximum atomic E-state index is 13.6. The fourth-order valence-corrected chi connectivity index (χ4v) is 4.22. The van der Waals surface area contributed by atoms with E-state index < -0.39 is 34.7 Å². The van der Waals surface area contributed by atoms with Crippen molar-refractivity contribution < 1.29 is 28.8 Å². The highest BCUT2D eigenvalue weighted by molar-refractivity contribution is 6.31. The number of ether oxygens (including phenoxy) is 1. The second-order valence-corrected chi connectivity index (χ2v) is 8.56. The maximum absolute atomic E-state index is 13.6. The summed E-state index contributed by atoms with van der Waals surface area (Å²) in [4.78, 5) is 64.3. The van der Waals surface area contributed by atoms with E-state index in [4.69, 9.17) is 11.6 Å². The van der Waals surface area contributed by atoms with Gasteiger partial charge in [0.05, 0.1) is 29.7 Å². The molecule has 1 aliphatic rings. The van der Waals surface area contributed by atoms with Gasteiger partial charge in [0, 0.05) is 29.3 Å². The van der Waals surface area contributed by atoms with Crippen LogP contribution < -0.4 is 4.90 Å². The third-order valence-corrected chi connectivity index (χ3v) is 6.30. The molecular formula is C26H20ClN3O7. The number of imide groups is 1. The van der Waals surface area contributed by atoms with Gasteiger partial charge >= 0.3 is 5.97 Å². The van der Waals surface area contributed by atoms with Gasteiger partial charge in [0.15, 0.2) is 0 Å². The quantitative estimate of drug-likeness (QED) is 0.199. The number of hydrogen-bond donors (Lipinski definition) is 0. The molecule has 4 rings (SSSR count). The molecule has 0 aromatic heterocycles. The Bertz CT molecular complexity index is 1390. The Morgan fingerprint density at radius 3 is 2.24 bits per heavy atom. The van der Waals surface area contributed by atoms with E-state index in [1.165, 1.54) is 60.5 Å². The molecule has 0 radical (unpaired) electrons. The number of carbonyl (C=O) groups is 4. The number of rotatable bonds is 7. The van der Waals surface area contributed by atoms with Crippen molar-refractivity contribution in [2.24, 2.45) is 0 Å². The van der Waals surface area contributed by atoms with Crippen LogP contribution in [0.5, 0.6) is 0 Å². The third kappa shape index (κ3) is 5.19. The standard InChI is InChI=1S/C26H20ClN3O7/c1-37-26(34)17-8-10-19(11-9-17)29-23(31)14-22(25(29)33)28(15-18-4-2-3-5-21(18)27)24(32)16-6-12-20(13-7-16)30(35)36/h2-13,22H,14-15H2,1H3. The largest absolute Gasteiger partial charge is 0.465 e. The Labute approximate surface area is 216 Å². The average molecular weight is 522 g/mol. The molecule has 1 aliphatic heterocycles. The van der Waals surface area contributed by atoms with Gasteiger partial charge in [0.1, 0.15) is 6.04 Å². The predicted molar refractivity (Wildman–Crippen MR) is 133 cm³/mol. The van der Waals surface area contributed by atoms with E-state index in [0.717, 1.165) is 4.90 Å². The van der Waals surface area contributed by atoms with Gasteiger partial charge in [0.25, 0.3) is 17.5 Å². The van der Waals surface area contributed by atoms with E-state index in [9.17, 15) is 29.3 Å². The summed E-state index contributed by atoms with van der Waals surface area (Å²) in [6, 6.07) is 16.4. The number of esters is 1. The van der Waals surface area contributed by atoms with Gasteiger partial charge < -0.3 is 9.64 Å². The summed E-state index contributed by atoms with van der Waals surface area (Å²) in [5.41, 5.74) is 0.962. The number of methoxy groups -OCH3 is 1. The zero-order chi connectivity index (χ0) is 26.7. The van der Waals surface area contributed by atoms with Crippen molar-refractivity contribution in [3.8, 4) is 0 Å². The van der Waals surface area contributed by atoms with Crippen molar-refractivity contribution in [1.82, 2.24) is 4.90 Å². The highest BCUT2D eigenvalue weighted by Crippen LogP contribution is 2.29. The van der Waals surface area contributed by atoms with Crippen molar-refractivity contribution in [3.63, 3.8) is 0 Å². The second-order valence-electron chi connectivity index (χ2n) is 8.15. The molecule has 1 atom stereocenters. The summed E-state index contributed by atoms with van der Waals surface area (Å²) in [6.45, 7) is -0.0751. The van der Waals surface area contributed by atoms with Crippen LogP contribution in [0.3, 0.4) is 0 Å². The number of nitro benzene ring substituents is 1. The topological polar surface area (TPSA) is 127 Å². The molecule has 0 N–H and O–H groups in total. The first-order valence-electron chi connectivity index (χ1n) is 11.0. The lowest BCUT2D eigenvalue weighted by atomic mass is 10.1. The van der Waals surface area contributed by atoms with Gasteiger partial charge in [0.2, 0.25) is 5.91 Å². The number of non-ortho nitro benzene ring substituents is 1. The third-order valence-electron chi connectivity index (χ3n) is 5.93. The SMILES string of the molecule is COC(=O)c1ccc(N2C(=O)CC(N(Cc3ccccc3Cl)C(=O)c3ccc([N+](=O)[O-])cc3)C2=O)cc1. The molecule has 188 valence electrons. The summed E-state index contributed by atoms with van der Waals surface area (Å²) in [5, 5.41) is 11.4. The smallest absolute Gasteiger partial charge is 0.337 e. The number of carbonyl (C=O) groups excluding carboxylic acids is 4. The molecule has 10 nitrogen and oxygen atoms in total. The van der Waals surface area contributed by atoms with Gasteiger partial charge in [-0.15, -0.1) is 0 Å². The van der Waals surface area contributed by atoms with Crippen molar-refractivity contribution in [1.29, 1.82) is 0 Å². The molecule has 1 saturated heterocycles. The molecule has 0 spiro atoms. The highest BCUT2D eigenvalue weighted by Gasteiger charge is 2.44. The Morgan fingerprint density at radius 1 is 1.03 bits per heavy atom. The van der Waals surface area contributed by atoms with Crippen molar-refractivity contribution in [2.45, 2.75) is 19.0 Å². The lowest BCUT2D eigenvalue weighted by Gasteiger charge is -2.28. The second kappa shape index (κ2) is 10.6. The number of amides is 3. The first-order chi connectivity index (χ1) is 17.7. The molecule has 1 unspecified atom stereocenters. The summed E-state index contributed by atoms with van der Waals surface area (Å²) < 4.78 is 4.67. The Balaban J connectivity index is 1.68. The van der Waals surface area contributed by atoms with E-state index in [-0.39, 0.29) is 35.5 Å². The van der Waals surface area contributed by atoms with Crippen LogP contribution in [0.1, 0.15) is 32.7 Å². The van der Waals surface area contributed by atoms with Gasteiger partial charge in [-0.2, -0.15) is 0 Å². The zero-order valence-electron chi connectivity index (χ0n) is 19.5. The minimum atomic E-state index is -1.15. The van der Waals surface area contributed by atoms with E-state index in [2.05, 4.69) is 4.74 Å². The van der Waals surface area contributed by atoms with Crippen LogP contribution in [0.2, 0.25) is 5.02 Å². The van der Waals surface area contributed by atoms with Crippen LogP contribution in [-0.2, 0) is 20.9 Å². The molecule has 3 amide bonds. The van der Waals surface area contributed by atoms with Gasteiger partial charge in [-0.1, -0.05) is 29.8 Å². The van der Waals surface area contributed by atoms with Crippen LogP contribution in [0.15, 0.2) is 72.8 Å². The van der Waals surface area contributed by atoms with E-state index in [1.807, 2.05) is 0 Å². The van der Waals surface area contributed by atoms with Crippen molar-refractivity contribution >= 4 is 46.7 Å². The molecule has 1 fully saturated rings. The van der Waals surface area contributed by atoms with E-state index in [0.29, 0.717) is 10.6 Å². The van der Waals surface area contributed by atoms with E-state index >= 15 is 0 Å². The molecule has 37 heavy (non-hydrogen) atoms. The highest BCUT2D eigenvalue weighted by atomic mass is 35.5. The molecule has 3 aromatic carbocycles.